The molecule has 8 unspecified atom stereocenters. The molecular formula is C33H44ClN3O10. The highest BCUT2D eigenvalue weighted by Gasteiger charge is 2.64. The normalized spacial score (nSPS) is 33.4. The van der Waals surface area contributed by atoms with Crippen molar-refractivity contribution < 1.29 is 48.0 Å². The molecule has 3 heterocycles. The first kappa shape index (κ1) is 36.2. The minimum absolute atomic E-state index is 0.0447. The summed E-state index contributed by atoms with van der Waals surface area (Å²) in [5.74, 6) is -1.75. The quantitative estimate of drug-likeness (QED) is 0.310. The molecule has 0 aliphatic carbocycles. The predicted octanol–water partition coefficient (Wildman–Crippen LogP) is 3.51. The number of aliphatic hydroxyl groups is 1. The van der Waals surface area contributed by atoms with Crippen molar-refractivity contribution in [2.45, 2.75) is 95.7 Å². The topological polar surface area (TPSA) is 165 Å². The predicted molar refractivity (Wildman–Crippen MR) is 172 cm³/mol. The second kappa shape index (κ2) is 14.2. The van der Waals surface area contributed by atoms with Gasteiger partial charge in [-0.3, -0.25) is 14.9 Å². The lowest BCUT2D eigenvalue weighted by atomic mass is 9.83. The van der Waals surface area contributed by atoms with E-state index in [4.69, 9.17) is 35.3 Å². The van der Waals surface area contributed by atoms with E-state index in [-0.39, 0.29) is 23.8 Å². The molecule has 0 aromatic heterocycles. The van der Waals surface area contributed by atoms with Gasteiger partial charge in [-0.15, -0.1) is 0 Å². The zero-order chi connectivity index (χ0) is 34.8. The summed E-state index contributed by atoms with van der Waals surface area (Å²) in [6.45, 7) is 8.24. The summed E-state index contributed by atoms with van der Waals surface area (Å²) in [6, 6.07) is 2.55. The Balaban J connectivity index is 1.76. The van der Waals surface area contributed by atoms with Crippen LogP contribution < -0.4 is 15.4 Å². The molecule has 0 saturated carbocycles. The Morgan fingerprint density at radius 2 is 1.94 bits per heavy atom. The average molecular weight is 678 g/mol. The van der Waals surface area contributed by atoms with E-state index < -0.39 is 65.7 Å². The van der Waals surface area contributed by atoms with Crippen molar-refractivity contribution in [1.82, 2.24) is 10.2 Å². The van der Waals surface area contributed by atoms with Crippen molar-refractivity contribution in [3.05, 3.63) is 46.5 Å². The number of rotatable bonds is 5. The highest BCUT2D eigenvalue weighted by atomic mass is 35.5. The number of hydrogen-bond acceptors (Lipinski definition) is 10. The zero-order valence-electron chi connectivity index (χ0n) is 27.9. The molecular weight excluding hydrogens is 634 g/mol. The lowest BCUT2D eigenvalue weighted by Crippen LogP contribution is -2.63. The van der Waals surface area contributed by atoms with E-state index in [9.17, 15) is 24.3 Å². The number of benzene rings is 1. The van der Waals surface area contributed by atoms with Crippen molar-refractivity contribution in [2.24, 2.45) is 5.92 Å². The third kappa shape index (κ3) is 7.91. The number of ether oxygens (including phenoxy) is 5. The fourth-order valence-electron chi connectivity index (χ4n) is 6.08. The molecule has 3 amide bonds. The van der Waals surface area contributed by atoms with Gasteiger partial charge >= 0.3 is 12.1 Å². The Morgan fingerprint density at radius 3 is 2.57 bits per heavy atom. The van der Waals surface area contributed by atoms with Gasteiger partial charge in [-0.25, -0.2) is 9.59 Å². The molecule has 13 nitrogen and oxygen atoms in total. The number of anilines is 1. The molecule has 1 aromatic carbocycles. The standard InChI is InChI=1S/C33H44ClN3O10/c1-17-10-9-11-25(44-8)33(42)16-24(45-31(41)36-33)18(2)29-32(5,47-29)26(46-30(40)19(3)37(6)20(4)38)15-27(39)35-22-13-21(12-17)14-23(43-7)28(22)34/h9-11,13-14,18-19,24-26,29,42H,12,15-16H2,1-8H3,(H,35,39)(H,36,41)/b11-9+,17-10+. The third-order valence-electron chi connectivity index (χ3n) is 9.20. The highest BCUT2D eigenvalue weighted by molar-refractivity contribution is 6.35. The number of nitrogens with zero attached hydrogens (tertiary/aromatic N) is 1. The Bertz CT molecular complexity index is 1470. The number of esters is 1. The molecule has 14 heteroatoms. The van der Waals surface area contributed by atoms with Gasteiger partial charge in [0.2, 0.25) is 11.8 Å². The van der Waals surface area contributed by atoms with Crippen LogP contribution in [0, 0.1) is 5.92 Å². The SMILES string of the molecule is COc1cc2cc(c1Cl)NC(=O)CC(OC(=O)C(C)N(C)C(C)=O)C1(C)OC1C(C)C1CC(O)(NC(=O)O1)C(OC)/C=C/C=C(\C)C2. The lowest BCUT2D eigenvalue weighted by Gasteiger charge is -2.42. The Hall–Kier alpha value is -3.65. The van der Waals surface area contributed by atoms with Crippen molar-refractivity contribution in [3.8, 4) is 5.75 Å². The molecule has 47 heavy (non-hydrogen) atoms. The number of carbonyl (C=O) groups excluding carboxylic acids is 4. The number of fused-ring (bicyclic) bond motifs is 5. The number of amides is 3. The first-order valence-corrected chi connectivity index (χ1v) is 15.8. The van der Waals surface area contributed by atoms with Crippen LogP contribution in [0.5, 0.6) is 5.75 Å². The maximum absolute atomic E-state index is 13.6. The Morgan fingerprint density at radius 1 is 1.23 bits per heavy atom. The molecule has 3 aliphatic heterocycles. The number of nitrogens with one attached hydrogen (secondary N) is 2. The van der Waals surface area contributed by atoms with Gasteiger partial charge in [0.1, 0.15) is 40.7 Å². The maximum atomic E-state index is 13.6. The van der Waals surface area contributed by atoms with Crippen LogP contribution in [-0.4, -0.2) is 96.9 Å². The molecule has 258 valence electrons. The summed E-state index contributed by atoms with van der Waals surface area (Å²) in [6.07, 6.45) is 0.955. The average Bonchev–Trinajstić information content (AvgIpc) is 3.70. The number of methoxy groups -OCH3 is 2. The summed E-state index contributed by atoms with van der Waals surface area (Å²) >= 11 is 6.59. The van der Waals surface area contributed by atoms with Gasteiger partial charge in [-0.2, -0.15) is 0 Å². The third-order valence-corrected chi connectivity index (χ3v) is 9.59. The minimum Gasteiger partial charge on any atom is -0.495 e. The van der Waals surface area contributed by atoms with Crippen LogP contribution in [0.3, 0.4) is 0 Å². The highest BCUT2D eigenvalue weighted by Crippen LogP contribution is 2.49. The van der Waals surface area contributed by atoms with Crippen molar-refractivity contribution >= 4 is 41.2 Å². The van der Waals surface area contributed by atoms with Crippen molar-refractivity contribution in [1.29, 1.82) is 0 Å². The van der Waals surface area contributed by atoms with Gasteiger partial charge in [0.15, 0.2) is 5.72 Å². The van der Waals surface area contributed by atoms with Gasteiger partial charge < -0.3 is 39.0 Å². The first-order valence-electron chi connectivity index (χ1n) is 15.4. The molecule has 0 spiro atoms. The van der Waals surface area contributed by atoms with Gasteiger partial charge in [0.05, 0.1) is 25.3 Å². The van der Waals surface area contributed by atoms with Gasteiger partial charge in [0, 0.05) is 33.4 Å². The van der Waals surface area contributed by atoms with Crippen LogP contribution in [0.1, 0.15) is 53.0 Å². The molecule has 8 atom stereocenters. The van der Waals surface area contributed by atoms with Gasteiger partial charge in [-0.1, -0.05) is 42.3 Å². The van der Waals surface area contributed by atoms with E-state index in [1.807, 2.05) is 13.0 Å². The first-order chi connectivity index (χ1) is 22.0. The van der Waals surface area contributed by atoms with Crippen LogP contribution >= 0.6 is 11.6 Å². The Kier molecular flexibility index (Phi) is 11.0. The molecule has 4 bridgehead atoms. The van der Waals surface area contributed by atoms with Crippen LogP contribution in [0.25, 0.3) is 0 Å². The molecule has 2 saturated heterocycles. The van der Waals surface area contributed by atoms with Crippen LogP contribution in [0.15, 0.2) is 35.9 Å². The number of epoxide rings is 1. The fourth-order valence-corrected chi connectivity index (χ4v) is 6.31. The lowest BCUT2D eigenvalue weighted by molar-refractivity contribution is -0.161. The Labute approximate surface area is 279 Å². The fraction of sp³-hybridized carbons (Fsp3) is 0.576. The number of halogens is 1. The smallest absolute Gasteiger partial charge is 0.409 e. The van der Waals surface area contributed by atoms with E-state index >= 15 is 0 Å². The van der Waals surface area contributed by atoms with E-state index in [1.165, 1.54) is 40.0 Å². The maximum Gasteiger partial charge on any atom is 0.409 e. The summed E-state index contributed by atoms with van der Waals surface area (Å²) in [5.41, 5.74) is -0.982. The molecule has 1 aromatic rings. The summed E-state index contributed by atoms with van der Waals surface area (Å²) in [4.78, 5) is 52.8. The monoisotopic (exact) mass is 677 g/mol. The van der Waals surface area contributed by atoms with E-state index in [1.54, 1.807) is 38.1 Å². The molecule has 4 rings (SSSR count). The number of carbonyl (C=O) groups is 4. The second-order valence-corrected chi connectivity index (χ2v) is 13.0. The number of alkyl carbamates (subject to hydrolysis) is 1. The molecule has 2 fully saturated rings. The summed E-state index contributed by atoms with van der Waals surface area (Å²) < 4.78 is 28.7. The van der Waals surface area contributed by atoms with Crippen LogP contribution in [0.2, 0.25) is 5.02 Å². The number of likely N-dealkylation sites (N-methyl/N-ethyl adjacent to an activating group) is 1. The van der Waals surface area contributed by atoms with Crippen molar-refractivity contribution in [2.75, 3.05) is 26.6 Å². The van der Waals surface area contributed by atoms with E-state index in [2.05, 4.69) is 10.6 Å². The number of hydrogen-bond donors (Lipinski definition) is 3. The second-order valence-electron chi connectivity index (χ2n) is 12.7. The van der Waals surface area contributed by atoms with Crippen molar-refractivity contribution in [3.63, 3.8) is 0 Å². The molecule has 3 N–H and O–H groups in total. The van der Waals surface area contributed by atoms with E-state index in [0.717, 1.165) is 11.1 Å². The molecule has 0 radical (unpaired) electrons. The zero-order valence-corrected chi connectivity index (χ0v) is 28.7. The van der Waals surface area contributed by atoms with Gasteiger partial charge in [-0.05, 0) is 44.9 Å². The summed E-state index contributed by atoms with van der Waals surface area (Å²) in [7, 11) is 4.37. The minimum atomic E-state index is -1.81. The number of allylic oxidation sites excluding steroid dienone is 3. The largest absolute Gasteiger partial charge is 0.495 e. The summed E-state index contributed by atoms with van der Waals surface area (Å²) in [5, 5.41) is 17.1. The van der Waals surface area contributed by atoms with Crippen LogP contribution in [0.4, 0.5) is 10.5 Å². The van der Waals surface area contributed by atoms with Crippen LogP contribution in [-0.2, 0) is 39.8 Å². The molecule has 3 aliphatic rings. The van der Waals surface area contributed by atoms with E-state index in [0.29, 0.717) is 17.9 Å². The van der Waals surface area contributed by atoms with Gasteiger partial charge in [0.25, 0.3) is 0 Å².